The largest absolute Gasteiger partial charge is 0.463 e. The van der Waals surface area contributed by atoms with E-state index in [9.17, 15) is 0 Å². The molecule has 0 spiro atoms. The molecule has 0 bridgehead atoms. The molecule has 0 unspecified atom stereocenters. The first kappa shape index (κ1) is 16.7. The molecule has 2 fully saturated rings. The minimum Gasteiger partial charge on any atom is -0.463 e. The topological polar surface area (TPSA) is 35.0 Å². The van der Waals surface area contributed by atoms with E-state index in [4.69, 9.17) is 4.74 Å². The van der Waals surface area contributed by atoms with Crippen molar-refractivity contribution in [2.24, 2.45) is 17.3 Å². The Labute approximate surface area is 141 Å². The maximum absolute atomic E-state index is 5.97. The van der Waals surface area contributed by atoms with Gasteiger partial charge in [0.1, 0.15) is 0 Å². The highest BCUT2D eigenvalue weighted by atomic mass is 16.5. The van der Waals surface area contributed by atoms with E-state index in [2.05, 4.69) is 16.9 Å². The molecule has 2 aliphatic rings. The van der Waals surface area contributed by atoms with Crippen LogP contribution < -0.4 is 4.74 Å². The Morgan fingerprint density at radius 3 is 2.52 bits per heavy atom. The lowest BCUT2D eigenvalue weighted by Crippen LogP contribution is -2.41. The van der Waals surface area contributed by atoms with Crippen molar-refractivity contribution in [1.82, 2.24) is 9.97 Å². The van der Waals surface area contributed by atoms with Gasteiger partial charge in [-0.15, -0.1) is 0 Å². The number of ether oxygens (including phenoxy) is 1. The fourth-order valence-corrected chi connectivity index (χ4v) is 5.31. The van der Waals surface area contributed by atoms with Gasteiger partial charge in [0, 0.05) is 12.4 Å². The second-order valence-corrected chi connectivity index (χ2v) is 7.67. The molecule has 3 rings (SSSR count). The van der Waals surface area contributed by atoms with Gasteiger partial charge in [-0.1, -0.05) is 45.4 Å². The lowest BCUT2D eigenvalue weighted by Gasteiger charge is -2.49. The Morgan fingerprint density at radius 1 is 1.04 bits per heavy atom. The molecule has 3 heteroatoms. The van der Waals surface area contributed by atoms with Gasteiger partial charge in [0.05, 0.1) is 6.61 Å². The van der Waals surface area contributed by atoms with E-state index in [1.807, 2.05) is 6.07 Å². The molecule has 1 aromatic rings. The van der Waals surface area contributed by atoms with E-state index < -0.39 is 0 Å². The molecule has 0 radical (unpaired) electrons. The maximum atomic E-state index is 5.97. The van der Waals surface area contributed by atoms with Gasteiger partial charge in [0.15, 0.2) is 0 Å². The van der Waals surface area contributed by atoms with Gasteiger partial charge in [0.25, 0.3) is 0 Å². The van der Waals surface area contributed by atoms with Crippen molar-refractivity contribution in [3.05, 3.63) is 18.5 Å². The minimum atomic E-state index is 0.546. The van der Waals surface area contributed by atoms with Crippen LogP contribution in [-0.4, -0.2) is 16.6 Å². The molecule has 2 aliphatic carbocycles. The summed E-state index contributed by atoms with van der Waals surface area (Å²) in [6.07, 6.45) is 19.0. The van der Waals surface area contributed by atoms with E-state index in [-0.39, 0.29) is 0 Å². The van der Waals surface area contributed by atoms with Crippen LogP contribution in [0.25, 0.3) is 0 Å². The van der Waals surface area contributed by atoms with Gasteiger partial charge in [-0.05, 0) is 55.4 Å². The van der Waals surface area contributed by atoms with Crippen molar-refractivity contribution >= 4 is 0 Å². The monoisotopic (exact) mass is 316 g/mol. The van der Waals surface area contributed by atoms with Gasteiger partial charge in [-0.3, -0.25) is 0 Å². The lowest BCUT2D eigenvalue weighted by atomic mass is 9.57. The average molecular weight is 316 g/mol. The van der Waals surface area contributed by atoms with Crippen LogP contribution in [-0.2, 0) is 0 Å². The van der Waals surface area contributed by atoms with Crippen LogP contribution in [0.1, 0.15) is 77.6 Å². The fourth-order valence-electron chi connectivity index (χ4n) is 5.31. The van der Waals surface area contributed by atoms with Crippen molar-refractivity contribution < 1.29 is 4.74 Å². The third kappa shape index (κ3) is 4.05. The quantitative estimate of drug-likeness (QED) is 0.703. The second kappa shape index (κ2) is 8.12. The zero-order chi connectivity index (χ0) is 16.0. The average Bonchev–Trinajstić information content (AvgIpc) is 2.62. The summed E-state index contributed by atoms with van der Waals surface area (Å²) in [6.45, 7) is 3.17. The predicted molar refractivity (Wildman–Crippen MR) is 93.4 cm³/mol. The fraction of sp³-hybridized carbons (Fsp3) is 0.800. The zero-order valence-corrected chi connectivity index (χ0v) is 14.7. The molecular weight excluding hydrogens is 284 g/mol. The van der Waals surface area contributed by atoms with Crippen LogP contribution in [0.15, 0.2) is 18.5 Å². The number of aromatic nitrogens is 2. The van der Waals surface area contributed by atoms with Crippen molar-refractivity contribution in [3.8, 4) is 6.01 Å². The van der Waals surface area contributed by atoms with Gasteiger partial charge in [-0.25, -0.2) is 9.97 Å². The van der Waals surface area contributed by atoms with E-state index in [1.54, 1.807) is 12.4 Å². The highest BCUT2D eigenvalue weighted by Crippen LogP contribution is 2.53. The highest BCUT2D eigenvalue weighted by Gasteiger charge is 2.43. The molecular formula is C20H32N2O. The van der Waals surface area contributed by atoms with Crippen molar-refractivity contribution in [2.45, 2.75) is 77.6 Å². The first-order valence-corrected chi connectivity index (χ1v) is 9.74. The summed E-state index contributed by atoms with van der Waals surface area (Å²) < 4.78 is 5.97. The molecule has 2 saturated carbocycles. The molecule has 1 heterocycles. The molecule has 2 atom stereocenters. The van der Waals surface area contributed by atoms with Crippen molar-refractivity contribution in [1.29, 1.82) is 0 Å². The van der Waals surface area contributed by atoms with E-state index in [0.29, 0.717) is 17.3 Å². The molecule has 0 amide bonds. The second-order valence-electron chi connectivity index (χ2n) is 7.67. The van der Waals surface area contributed by atoms with E-state index >= 15 is 0 Å². The van der Waals surface area contributed by atoms with Gasteiger partial charge in [0.2, 0.25) is 0 Å². The summed E-state index contributed by atoms with van der Waals surface area (Å²) in [5, 5.41) is 0. The van der Waals surface area contributed by atoms with Crippen molar-refractivity contribution in [2.75, 3.05) is 6.61 Å². The van der Waals surface area contributed by atoms with Crippen LogP contribution in [0.2, 0.25) is 0 Å². The number of nitrogens with zero attached hydrogens (tertiary/aromatic N) is 2. The molecule has 0 saturated heterocycles. The molecule has 0 aromatic carbocycles. The molecule has 23 heavy (non-hydrogen) atoms. The standard InChI is InChI=1S/C20H32N2O/c1-2-11-20(12-6-3-7-13-20)18-10-5-4-9-17(18)16-23-19-21-14-8-15-22-19/h8,14-15,17-18H,2-7,9-13,16H2,1H3/t17-,18+/m1/s1. The Hall–Kier alpha value is -1.12. The number of hydrogen-bond donors (Lipinski definition) is 0. The summed E-state index contributed by atoms with van der Waals surface area (Å²) >= 11 is 0. The SMILES string of the molecule is CCCC1([C@H]2CCCC[C@@H]2COc2ncccn2)CCCCC1. The summed E-state index contributed by atoms with van der Waals surface area (Å²) in [6, 6.07) is 2.39. The highest BCUT2D eigenvalue weighted by molar-refractivity contribution is 4.96. The predicted octanol–water partition coefficient (Wildman–Crippen LogP) is 5.41. The van der Waals surface area contributed by atoms with Gasteiger partial charge >= 0.3 is 6.01 Å². The van der Waals surface area contributed by atoms with E-state index in [1.165, 1.54) is 70.6 Å². The molecule has 1 aromatic heterocycles. The summed E-state index contributed by atoms with van der Waals surface area (Å²) in [7, 11) is 0. The normalized spacial score (nSPS) is 27.5. The van der Waals surface area contributed by atoms with Gasteiger partial charge in [-0.2, -0.15) is 0 Å². The van der Waals surface area contributed by atoms with Crippen LogP contribution in [0.3, 0.4) is 0 Å². The summed E-state index contributed by atoms with van der Waals surface area (Å²) in [5.74, 6) is 1.54. The van der Waals surface area contributed by atoms with E-state index in [0.717, 1.165) is 12.5 Å². The molecule has 3 nitrogen and oxygen atoms in total. The maximum Gasteiger partial charge on any atom is 0.316 e. The Balaban J connectivity index is 1.69. The van der Waals surface area contributed by atoms with Crippen LogP contribution in [0.5, 0.6) is 6.01 Å². The first-order valence-electron chi connectivity index (χ1n) is 9.74. The summed E-state index contributed by atoms with van der Waals surface area (Å²) in [4.78, 5) is 8.44. The Morgan fingerprint density at radius 2 is 1.78 bits per heavy atom. The lowest BCUT2D eigenvalue weighted by molar-refractivity contribution is -0.00156. The number of hydrogen-bond acceptors (Lipinski definition) is 3. The van der Waals surface area contributed by atoms with Gasteiger partial charge < -0.3 is 4.74 Å². The van der Waals surface area contributed by atoms with Crippen LogP contribution >= 0.6 is 0 Å². The molecule has 0 aliphatic heterocycles. The minimum absolute atomic E-state index is 0.546. The van der Waals surface area contributed by atoms with Crippen molar-refractivity contribution in [3.63, 3.8) is 0 Å². The van der Waals surface area contributed by atoms with Crippen LogP contribution in [0.4, 0.5) is 0 Å². The summed E-state index contributed by atoms with van der Waals surface area (Å²) in [5.41, 5.74) is 0.596. The Bertz CT molecular complexity index is 450. The third-order valence-corrected chi connectivity index (χ3v) is 6.26. The smallest absolute Gasteiger partial charge is 0.316 e. The zero-order valence-electron chi connectivity index (χ0n) is 14.7. The first-order chi connectivity index (χ1) is 11.3. The van der Waals surface area contributed by atoms with Crippen LogP contribution in [0, 0.1) is 17.3 Å². The third-order valence-electron chi connectivity index (χ3n) is 6.26. The number of rotatable bonds is 6. The molecule has 128 valence electrons. The Kier molecular flexibility index (Phi) is 5.91. The molecule has 0 N–H and O–H groups in total.